The number of nitrogens with zero attached hydrogens (tertiary/aromatic N) is 4. The predicted octanol–water partition coefficient (Wildman–Crippen LogP) is 4.11. The number of benzene rings is 2. The number of anilines is 1. The fourth-order valence-electron chi connectivity index (χ4n) is 3.85. The second-order valence-electron chi connectivity index (χ2n) is 7.14. The van der Waals surface area contributed by atoms with Crippen molar-refractivity contribution in [3.8, 4) is 22.9 Å². The quantitative estimate of drug-likeness (QED) is 0.625. The van der Waals surface area contributed by atoms with Crippen LogP contribution < -0.4 is 4.90 Å². The molecule has 31 heavy (non-hydrogen) atoms. The van der Waals surface area contributed by atoms with Gasteiger partial charge >= 0.3 is 0 Å². The normalized spacial score (nSPS) is 13.8. The molecule has 1 aromatic heterocycles. The van der Waals surface area contributed by atoms with Crippen LogP contribution in [0.3, 0.4) is 0 Å². The second-order valence-corrected chi connectivity index (χ2v) is 7.51. The molecular weight excluding hydrogens is 419 g/mol. The third kappa shape index (κ3) is 3.66. The molecule has 0 bridgehead atoms. The standard InChI is InChI=1S/C23H18ClFN4O2/c1-2-20(31)28-7-9-29(10-8-28)23-14(12-26)13-27-22-17(23)5-4-16(21(22)24)18-11-15(30)3-6-19(18)25/h2-6,11,13,30H,1,7-10H2. The molecule has 0 radical (unpaired) electrons. The van der Waals surface area contributed by atoms with Gasteiger partial charge < -0.3 is 14.9 Å². The van der Waals surface area contributed by atoms with E-state index in [1.54, 1.807) is 17.0 Å². The van der Waals surface area contributed by atoms with Crippen LogP contribution in [0.4, 0.5) is 10.1 Å². The maximum absolute atomic E-state index is 14.4. The molecule has 1 amide bonds. The Hall–Kier alpha value is -3.63. The van der Waals surface area contributed by atoms with Gasteiger partial charge in [-0.15, -0.1) is 0 Å². The van der Waals surface area contributed by atoms with E-state index >= 15 is 0 Å². The maximum atomic E-state index is 14.4. The number of pyridine rings is 1. The molecule has 6 nitrogen and oxygen atoms in total. The van der Waals surface area contributed by atoms with Gasteiger partial charge in [0.15, 0.2) is 0 Å². The number of phenols is 1. The minimum atomic E-state index is -0.518. The molecule has 2 heterocycles. The van der Waals surface area contributed by atoms with Crippen LogP contribution in [-0.4, -0.2) is 47.1 Å². The van der Waals surface area contributed by atoms with E-state index in [0.29, 0.717) is 53.9 Å². The van der Waals surface area contributed by atoms with E-state index in [1.165, 1.54) is 30.5 Å². The van der Waals surface area contributed by atoms with Gasteiger partial charge in [0.2, 0.25) is 5.91 Å². The molecular formula is C23H18ClFN4O2. The van der Waals surface area contributed by atoms with Gasteiger partial charge in [-0.1, -0.05) is 24.2 Å². The summed E-state index contributed by atoms with van der Waals surface area (Å²) in [6.45, 7) is 5.59. The third-order valence-corrected chi connectivity index (χ3v) is 5.77. The second kappa shape index (κ2) is 8.25. The first kappa shape index (κ1) is 20.6. The van der Waals surface area contributed by atoms with E-state index in [0.717, 1.165) is 0 Å². The Morgan fingerprint density at radius 1 is 1.23 bits per heavy atom. The molecule has 1 aliphatic rings. The lowest BCUT2D eigenvalue weighted by atomic mass is 10.0. The number of carbonyl (C=O) groups excluding carboxylic acids is 1. The smallest absolute Gasteiger partial charge is 0.246 e. The minimum absolute atomic E-state index is 0.0759. The Morgan fingerprint density at radius 2 is 1.97 bits per heavy atom. The van der Waals surface area contributed by atoms with Crippen LogP contribution in [-0.2, 0) is 4.79 Å². The van der Waals surface area contributed by atoms with Gasteiger partial charge in [-0.05, 0) is 30.3 Å². The molecule has 0 atom stereocenters. The Bertz CT molecular complexity index is 1250. The third-order valence-electron chi connectivity index (χ3n) is 5.39. The average molecular weight is 437 g/mol. The van der Waals surface area contributed by atoms with Crippen LogP contribution in [0.5, 0.6) is 5.75 Å². The Morgan fingerprint density at radius 3 is 2.65 bits per heavy atom. The van der Waals surface area contributed by atoms with Gasteiger partial charge in [-0.2, -0.15) is 5.26 Å². The number of amides is 1. The van der Waals surface area contributed by atoms with Gasteiger partial charge in [0, 0.05) is 48.9 Å². The van der Waals surface area contributed by atoms with Gasteiger partial charge in [0.1, 0.15) is 17.6 Å². The highest BCUT2D eigenvalue weighted by Crippen LogP contribution is 2.40. The highest BCUT2D eigenvalue weighted by Gasteiger charge is 2.24. The number of aromatic nitrogens is 1. The van der Waals surface area contributed by atoms with Crippen molar-refractivity contribution in [3.63, 3.8) is 0 Å². The molecule has 0 spiro atoms. The van der Waals surface area contributed by atoms with Crippen LogP contribution in [0.2, 0.25) is 5.02 Å². The molecule has 2 aromatic carbocycles. The fraction of sp³-hybridized carbons (Fsp3) is 0.174. The number of phenolic OH excluding ortho intramolecular Hbond substituents is 1. The number of rotatable bonds is 3. The molecule has 1 fully saturated rings. The van der Waals surface area contributed by atoms with Gasteiger partial charge in [0.25, 0.3) is 0 Å². The van der Waals surface area contributed by atoms with Crippen molar-refractivity contribution in [2.24, 2.45) is 0 Å². The first-order valence-corrected chi connectivity index (χ1v) is 9.99. The summed E-state index contributed by atoms with van der Waals surface area (Å²) in [5, 5.41) is 20.3. The number of halogens is 2. The number of nitriles is 1. The average Bonchev–Trinajstić information content (AvgIpc) is 2.80. The molecule has 3 aromatic rings. The van der Waals surface area contributed by atoms with E-state index in [9.17, 15) is 19.6 Å². The summed E-state index contributed by atoms with van der Waals surface area (Å²) in [4.78, 5) is 20.0. The number of fused-ring (bicyclic) bond motifs is 1. The van der Waals surface area contributed by atoms with Crippen molar-refractivity contribution in [3.05, 3.63) is 65.6 Å². The molecule has 0 aliphatic carbocycles. The molecule has 0 unspecified atom stereocenters. The van der Waals surface area contributed by atoms with Crippen molar-refractivity contribution >= 4 is 34.1 Å². The van der Waals surface area contributed by atoms with Crippen LogP contribution in [0.1, 0.15) is 5.56 Å². The van der Waals surface area contributed by atoms with Gasteiger partial charge in [0.05, 0.1) is 21.8 Å². The summed E-state index contributed by atoms with van der Waals surface area (Å²) < 4.78 is 14.4. The van der Waals surface area contributed by atoms with E-state index < -0.39 is 5.82 Å². The summed E-state index contributed by atoms with van der Waals surface area (Å²) in [6.07, 6.45) is 2.74. The van der Waals surface area contributed by atoms with E-state index in [-0.39, 0.29) is 22.2 Å². The Balaban J connectivity index is 1.81. The summed E-state index contributed by atoms with van der Waals surface area (Å²) in [5.74, 6) is -0.718. The first-order chi connectivity index (χ1) is 14.9. The molecule has 1 N–H and O–H groups in total. The lowest BCUT2D eigenvalue weighted by Crippen LogP contribution is -2.48. The summed E-state index contributed by atoms with van der Waals surface area (Å²) >= 11 is 6.61. The highest BCUT2D eigenvalue weighted by atomic mass is 35.5. The van der Waals surface area contributed by atoms with Crippen LogP contribution >= 0.6 is 11.6 Å². The van der Waals surface area contributed by atoms with Crippen molar-refractivity contribution in [2.75, 3.05) is 31.1 Å². The van der Waals surface area contributed by atoms with E-state index in [2.05, 4.69) is 17.6 Å². The predicted molar refractivity (Wildman–Crippen MR) is 118 cm³/mol. The molecule has 1 saturated heterocycles. The van der Waals surface area contributed by atoms with Crippen molar-refractivity contribution in [1.29, 1.82) is 5.26 Å². The summed E-state index contributed by atoms with van der Waals surface area (Å²) in [7, 11) is 0. The zero-order chi connectivity index (χ0) is 22.1. The lowest BCUT2D eigenvalue weighted by Gasteiger charge is -2.36. The fourth-order valence-corrected chi connectivity index (χ4v) is 4.16. The number of carbonyl (C=O) groups is 1. The summed E-state index contributed by atoms with van der Waals surface area (Å²) in [5.41, 5.74) is 2.06. The Labute approximate surface area is 183 Å². The topological polar surface area (TPSA) is 80.5 Å². The number of aromatic hydroxyl groups is 1. The zero-order valence-corrected chi connectivity index (χ0v) is 17.2. The van der Waals surface area contributed by atoms with Crippen molar-refractivity contribution in [1.82, 2.24) is 9.88 Å². The molecule has 0 saturated carbocycles. The van der Waals surface area contributed by atoms with Crippen molar-refractivity contribution < 1.29 is 14.3 Å². The van der Waals surface area contributed by atoms with E-state index in [4.69, 9.17) is 11.6 Å². The van der Waals surface area contributed by atoms with Gasteiger partial charge in [-0.3, -0.25) is 9.78 Å². The number of hydrogen-bond acceptors (Lipinski definition) is 5. The summed E-state index contributed by atoms with van der Waals surface area (Å²) in [6, 6.07) is 9.33. The molecule has 8 heteroatoms. The first-order valence-electron chi connectivity index (χ1n) is 9.61. The lowest BCUT2D eigenvalue weighted by molar-refractivity contribution is -0.126. The molecule has 1 aliphatic heterocycles. The van der Waals surface area contributed by atoms with Crippen molar-refractivity contribution in [2.45, 2.75) is 0 Å². The van der Waals surface area contributed by atoms with E-state index in [1.807, 2.05) is 4.90 Å². The van der Waals surface area contributed by atoms with Crippen LogP contribution in [0, 0.1) is 17.1 Å². The largest absolute Gasteiger partial charge is 0.508 e. The highest BCUT2D eigenvalue weighted by molar-refractivity contribution is 6.38. The molecule has 156 valence electrons. The Kier molecular flexibility index (Phi) is 5.49. The SMILES string of the molecule is C=CC(=O)N1CCN(c2c(C#N)cnc3c(Cl)c(-c4cc(O)ccc4F)ccc23)CC1. The minimum Gasteiger partial charge on any atom is -0.508 e. The molecule has 4 rings (SSSR count). The number of hydrogen-bond donors (Lipinski definition) is 1. The maximum Gasteiger partial charge on any atom is 0.246 e. The number of piperazine rings is 1. The zero-order valence-electron chi connectivity index (χ0n) is 16.5. The van der Waals surface area contributed by atoms with Crippen LogP contribution in [0.25, 0.3) is 22.0 Å². The monoisotopic (exact) mass is 436 g/mol. The van der Waals surface area contributed by atoms with Crippen LogP contribution in [0.15, 0.2) is 49.2 Å². The van der Waals surface area contributed by atoms with Gasteiger partial charge in [-0.25, -0.2) is 4.39 Å².